The maximum absolute atomic E-state index is 13.2. The predicted molar refractivity (Wildman–Crippen MR) is 136 cm³/mol. The maximum Gasteiger partial charge on any atom is 0.303 e. The number of rotatable bonds is 6. The van der Waals surface area contributed by atoms with E-state index >= 15 is 0 Å². The summed E-state index contributed by atoms with van der Waals surface area (Å²) in [7, 11) is -1.89. The highest BCUT2D eigenvalue weighted by atomic mass is 28.4. The summed E-state index contributed by atoms with van der Waals surface area (Å²) in [5.74, 6) is 0.504. The van der Waals surface area contributed by atoms with Gasteiger partial charge in [-0.3, -0.25) is 9.59 Å². The minimum Gasteiger partial charge on any atom is -0.458 e. The third-order valence-corrected chi connectivity index (χ3v) is 14.4. The molecular formula is C28H46O4Si. The lowest BCUT2D eigenvalue weighted by Gasteiger charge is -2.56. The molecule has 33 heavy (non-hydrogen) atoms. The monoisotopic (exact) mass is 474 g/mol. The molecule has 0 unspecified atom stereocenters. The fraction of sp³-hybridized carbons (Fsp3) is 0.786. The van der Waals surface area contributed by atoms with Crippen molar-refractivity contribution in [2.45, 2.75) is 118 Å². The van der Waals surface area contributed by atoms with Gasteiger partial charge in [-0.1, -0.05) is 48.1 Å². The van der Waals surface area contributed by atoms with Gasteiger partial charge in [0.1, 0.15) is 6.10 Å². The van der Waals surface area contributed by atoms with Crippen LogP contribution in [-0.4, -0.2) is 32.3 Å². The van der Waals surface area contributed by atoms with Gasteiger partial charge in [0.15, 0.2) is 14.1 Å². The first kappa shape index (κ1) is 26.4. The number of ketones is 1. The second-order valence-electron chi connectivity index (χ2n) is 11.8. The minimum absolute atomic E-state index is 0.0223. The van der Waals surface area contributed by atoms with Gasteiger partial charge >= 0.3 is 5.97 Å². The Morgan fingerprint density at radius 1 is 1.12 bits per heavy atom. The highest BCUT2D eigenvalue weighted by Gasteiger charge is 2.54. The fourth-order valence-electron chi connectivity index (χ4n) is 7.24. The maximum atomic E-state index is 13.2. The third kappa shape index (κ3) is 4.69. The molecular weight excluding hydrogens is 428 g/mol. The van der Waals surface area contributed by atoms with E-state index in [0.717, 1.165) is 55.0 Å². The van der Waals surface area contributed by atoms with Crippen LogP contribution in [0.15, 0.2) is 23.3 Å². The Kier molecular flexibility index (Phi) is 7.56. The molecule has 0 spiro atoms. The van der Waals surface area contributed by atoms with Crippen LogP contribution in [0.5, 0.6) is 0 Å². The molecule has 0 aliphatic heterocycles. The zero-order valence-electron chi connectivity index (χ0n) is 22.3. The smallest absolute Gasteiger partial charge is 0.303 e. The molecule has 0 aromatic heterocycles. The minimum atomic E-state index is -1.89. The predicted octanol–water partition coefficient (Wildman–Crippen LogP) is 7.01. The molecule has 2 fully saturated rings. The summed E-state index contributed by atoms with van der Waals surface area (Å²) in [6.45, 7) is 21.9. The first-order chi connectivity index (χ1) is 15.3. The number of Topliss-reactive ketones (excluding diaryl/α,β-unsaturated/α-hetero) is 1. The Morgan fingerprint density at radius 2 is 1.73 bits per heavy atom. The van der Waals surface area contributed by atoms with E-state index in [9.17, 15) is 9.59 Å². The Labute approximate surface area is 202 Å². The highest BCUT2D eigenvalue weighted by molar-refractivity contribution is 6.73. The summed E-state index contributed by atoms with van der Waals surface area (Å²) in [6, 6.07) is 3.30. The summed E-state index contributed by atoms with van der Waals surface area (Å²) >= 11 is 0. The van der Waals surface area contributed by atoms with E-state index in [1.54, 1.807) is 0 Å². The number of allylic oxidation sites excluding steroid dienone is 1. The number of fused-ring (bicyclic) bond motifs is 3. The second kappa shape index (κ2) is 9.45. The largest absolute Gasteiger partial charge is 0.458 e. The van der Waals surface area contributed by atoms with Gasteiger partial charge in [-0.2, -0.15) is 0 Å². The number of carbonyl (C=O) groups excluding carboxylic acids is 2. The van der Waals surface area contributed by atoms with Gasteiger partial charge in [-0.15, -0.1) is 0 Å². The molecule has 3 aliphatic rings. The van der Waals surface area contributed by atoms with Crippen molar-refractivity contribution in [2.24, 2.45) is 22.7 Å². The Hall–Kier alpha value is -1.20. The molecule has 5 heteroatoms. The van der Waals surface area contributed by atoms with E-state index in [2.05, 4.69) is 48.1 Å². The molecule has 0 saturated heterocycles. The molecule has 0 aromatic rings. The summed E-state index contributed by atoms with van der Waals surface area (Å²) in [4.78, 5) is 25.0. The van der Waals surface area contributed by atoms with E-state index < -0.39 is 8.32 Å². The molecule has 2 bridgehead atoms. The average molecular weight is 475 g/mol. The number of esters is 1. The molecule has 3 rings (SSSR count). The molecule has 0 heterocycles. The average Bonchev–Trinajstić information content (AvgIpc) is 2.74. The van der Waals surface area contributed by atoms with Crippen LogP contribution in [0.2, 0.25) is 18.1 Å². The van der Waals surface area contributed by atoms with Crippen LogP contribution < -0.4 is 0 Å². The van der Waals surface area contributed by atoms with E-state index in [4.69, 9.17) is 9.16 Å². The van der Waals surface area contributed by atoms with Crippen molar-refractivity contribution in [2.75, 3.05) is 0 Å². The van der Waals surface area contributed by atoms with Crippen molar-refractivity contribution in [3.63, 3.8) is 0 Å². The van der Waals surface area contributed by atoms with E-state index in [0.29, 0.717) is 6.42 Å². The lowest BCUT2D eigenvalue weighted by molar-refractivity contribution is -0.147. The molecule has 0 N–H and O–H groups in total. The number of ether oxygens (including phenoxy) is 1. The van der Waals surface area contributed by atoms with Gasteiger partial charge in [-0.05, 0) is 90.1 Å². The number of hydrogen-bond donors (Lipinski definition) is 0. The third-order valence-electron chi connectivity index (χ3n) is 9.78. The molecule has 0 amide bonds. The van der Waals surface area contributed by atoms with Gasteiger partial charge in [0.25, 0.3) is 0 Å². The molecule has 2 saturated carbocycles. The second-order valence-corrected chi connectivity index (χ2v) is 16.5. The van der Waals surface area contributed by atoms with Crippen molar-refractivity contribution in [3.8, 4) is 0 Å². The lowest BCUT2D eigenvalue weighted by atomic mass is 9.51. The summed E-state index contributed by atoms with van der Waals surface area (Å²) in [6.07, 6.45) is 3.99. The van der Waals surface area contributed by atoms with Crippen molar-refractivity contribution < 1.29 is 18.8 Å². The molecule has 186 valence electrons. The normalized spacial score (nSPS) is 34.4. The van der Waals surface area contributed by atoms with Crippen molar-refractivity contribution in [1.82, 2.24) is 0 Å². The van der Waals surface area contributed by atoms with Crippen molar-refractivity contribution in [1.29, 1.82) is 0 Å². The van der Waals surface area contributed by atoms with Crippen LogP contribution in [0.4, 0.5) is 0 Å². The molecule has 4 nitrogen and oxygen atoms in total. The van der Waals surface area contributed by atoms with Gasteiger partial charge in [0.2, 0.25) is 0 Å². The first-order valence-corrected chi connectivity index (χ1v) is 15.6. The van der Waals surface area contributed by atoms with Crippen LogP contribution in [-0.2, 0) is 18.8 Å². The molecule has 3 aliphatic carbocycles. The van der Waals surface area contributed by atoms with Crippen LogP contribution in [0.25, 0.3) is 0 Å². The Bertz CT molecular complexity index is 829. The molecule has 0 radical (unpaired) electrons. The van der Waals surface area contributed by atoms with Crippen LogP contribution in [0.3, 0.4) is 0 Å². The van der Waals surface area contributed by atoms with Crippen LogP contribution >= 0.6 is 0 Å². The molecule has 5 atom stereocenters. The quantitative estimate of drug-likeness (QED) is 0.236. The van der Waals surface area contributed by atoms with Crippen LogP contribution in [0.1, 0.15) is 87.5 Å². The standard InChI is InChI=1S/C28H46O4Si/c1-10-33(11-2,12-3)32-25-17-28(9)14-13-24(31-20(6)29)18(4)22(28)15-21-16-23(30)19(5)26(25)27(21,7)8/h21-22,24-25H,4,10-17H2,1-3,5-9H3/t21-,22-,24+,25+,28+/m1/s1. The SMILES string of the molecule is C=C1[C@@H](OC(C)=O)CC[C@@]2(C)C[C@H](O[Si](CC)(CC)CC)C3=C(C)C(=O)C[C@@H](C[C@H]12)C3(C)C. The van der Waals surface area contributed by atoms with Gasteiger partial charge in [0.05, 0.1) is 6.10 Å². The van der Waals surface area contributed by atoms with E-state index in [1.807, 2.05) is 6.92 Å². The summed E-state index contributed by atoms with van der Waals surface area (Å²) in [5.41, 5.74) is 3.17. The Morgan fingerprint density at radius 3 is 2.27 bits per heavy atom. The first-order valence-electron chi connectivity index (χ1n) is 13.1. The lowest BCUT2D eigenvalue weighted by Crippen LogP contribution is -2.52. The zero-order chi connectivity index (χ0) is 24.8. The summed E-state index contributed by atoms with van der Waals surface area (Å²) in [5, 5.41) is 0. The number of hydrogen-bond acceptors (Lipinski definition) is 4. The van der Waals surface area contributed by atoms with E-state index in [1.165, 1.54) is 12.5 Å². The molecule has 0 aromatic carbocycles. The van der Waals surface area contributed by atoms with Gasteiger partial charge < -0.3 is 9.16 Å². The fourth-order valence-corrected chi connectivity index (χ4v) is 10.0. The van der Waals surface area contributed by atoms with Gasteiger partial charge in [-0.25, -0.2) is 0 Å². The van der Waals surface area contributed by atoms with Crippen molar-refractivity contribution >= 4 is 20.1 Å². The highest BCUT2D eigenvalue weighted by Crippen LogP contribution is 2.59. The topological polar surface area (TPSA) is 52.6 Å². The number of carbonyl (C=O) groups is 2. The van der Waals surface area contributed by atoms with E-state index in [-0.39, 0.29) is 46.6 Å². The summed E-state index contributed by atoms with van der Waals surface area (Å²) < 4.78 is 12.9. The van der Waals surface area contributed by atoms with Crippen molar-refractivity contribution in [3.05, 3.63) is 23.3 Å². The Balaban J connectivity index is 2.12. The zero-order valence-corrected chi connectivity index (χ0v) is 23.3. The van der Waals surface area contributed by atoms with Gasteiger partial charge in [0, 0.05) is 13.3 Å². The van der Waals surface area contributed by atoms with Crippen LogP contribution in [0, 0.1) is 22.7 Å².